The van der Waals surface area contributed by atoms with Crippen LogP contribution in [0, 0.1) is 0 Å². The lowest BCUT2D eigenvalue weighted by Gasteiger charge is -2.25. The minimum atomic E-state index is -0.149. The molecule has 0 nitrogen and oxygen atoms in total. The van der Waals surface area contributed by atoms with E-state index in [9.17, 15) is 0 Å². The summed E-state index contributed by atoms with van der Waals surface area (Å²) in [6.07, 6.45) is 9.11. The van der Waals surface area contributed by atoms with E-state index in [1.165, 1.54) is 143 Å². The highest BCUT2D eigenvalue weighted by Gasteiger charge is 2.36. The Morgan fingerprint density at radius 2 is 0.889 bits per heavy atom. The summed E-state index contributed by atoms with van der Waals surface area (Å²) in [6.45, 7) is 4.83. The van der Waals surface area contributed by atoms with Crippen molar-refractivity contribution in [1.82, 2.24) is 0 Å². The van der Waals surface area contributed by atoms with Crippen LogP contribution in [0.3, 0.4) is 0 Å². The van der Waals surface area contributed by atoms with Crippen LogP contribution in [-0.4, -0.2) is 0 Å². The van der Waals surface area contributed by atoms with Crippen LogP contribution in [0.25, 0.3) is 121 Å². The average molecular weight is 799 g/mol. The minimum absolute atomic E-state index is 0.149. The third-order valence-electron chi connectivity index (χ3n) is 15.1. The molecule has 0 saturated carbocycles. The SMILES string of the molecule is CC1(C)c2cc(-c3ccc(-c4ccc(-c5ccc6ccc7cccc8ccc5c6c78)cc4)c4ccccc34)ccc2-c2ccc(-c3ccc4c5c6c(ccc35)C=CCC6=CC4)cc21. The molecule has 0 heteroatoms. The third-order valence-corrected chi connectivity index (χ3v) is 15.1. The minimum Gasteiger partial charge on any atom is -0.0795 e. The molecule has 0 fully saturated rings. The highest BCUT2D eigenvalue weighted by molar-refractivity contribution is 6.25. The molecule has 11 aromatic rings. The Labute approximate surface area is 367 Å². The molecule has 0 heterocycles. The van der Waals surface area contributed by atoms with E-state index < -0.39 is 0 Å². The van der Waals surface area contributed by atoms with Crippen molar-refractivity contribution in [3.63, 3.8) is 0 Å². The largest absolute Gasteiger partial charge is 0.0795 e. The molecule has 294 valence electrons. The van der Waals surface area contributed by atoms with Crippen molar-refractivity contribution in [1.29, 1.82) is 0 Å². The fourth-order valence-electron chi connectivity index (χ4n) is 12.0. The lowest BCUT2D eigenvalue weighted by Crippen LogP contribution is -2.15. The van der Waals surface area contributed by atoms with Gasteiger partial charge in [-0.15, -0.1) is 0 Å². The average Bonchev–Trinajstić information content (AvgIpc) is 3.56. The Bertz CT molecular complexity index is 3830. The summed E-state index contributed by atoms with van der Waals surface area (Å²) in [5, 5.41) is 13.3. The number of fused-ring (bicyclic) bond motifs is 4. The molecule has 14 rings (SSSR count). The van der Waals surface area contributed by atoms with Gasteiger partial charge in [0.2, 0.25) is 0 Å². The van der Waals surface area contributed by atoms with Gasteiger partial charge in [0.25, 0.3) is 0 Å². The van der Waals surface area contributed by atoms with Gasteiger partial charge in [-0.05, 0) is 168 Å². The first-order chi connectivity index (χ1) is 31.0. The van der Waals surface area contributed by atoms with Crippen LogP contribution in [0.15, 0.2) is 188 Å². The van der Waals surface area contributed by atoms with Gasteiger partial charge >= 0.3 is 0 Å². The van der Waals surface area contributed by atoms with Crippen LogP contribution < -0.4 is 0 Å². The second-order valence-corrected chi connectivity index (χ2v) is 18.7. The van der Waals surface area contributed by atoms with Crippen LogP contribution >= 0.6 is 0 Å². The molecule has 0 saturated heterocycles. The molecular formula is C63H42. The monoisotopic (exact) mass is 798 g/mol. The Morgan fingerprint density at radius 1 is 0.381 bits per heavy atom. The van der Waals surface area contributed by atoms with E-state index in [0.29, 0.717) is 0 Å². The second-order valence-electron chi connectivity index (χ2n) is 18.7. The molecule has 0 aromatic heterocycles. The van der Waals surface area contributed by atoms with Gasteiger partial charge < -0.3 is 0 Å². The van der Waals surface area contributed by atoms with Crippen LogP contribution in [-0.2, 0) is 11.8 Å². The van der Waals surface area contributed by atoms with Crippen molar-refractivity contribution in [2.75, 3.05) is 0 Å². The fraction of sp³-hybridized carbons (Fsp3) is 0.0794. The van der Waals surface area contributed by atoms with Crippen LogP contribution in [0.5, 0.6) is 0 Å². The van der Waals surface area contributed by atoms with Gasteiger partial charge in [0.1, 0.15) is 0 Å². The molecule has 11 aromatic carbocycles. The molecule has 3 aliphatic carbocycles. The molecule has 63 heavy (non-hydrogen) atoms. The zero-order valence-electron chi connectivity index (χ0n) is 35.4. The van der Waals surface area contributed by atoms with Crippen molar-refractivity contribution in [2.45, 2.75) is 32.1 Å². The molecule has 0 spiro atoms. The molecule has 0 radical (unpaired) electrons. The first-order valence-corrected chi connectivity index (χ1v) is 22.5. The molecule has 0 amide bonds. The van der Waals surface area contributed by atoms with E-state index >= 15 is 0 Å². The summed E-state index contributed by atoms with van der Waals surface area (Å²) in [6, 6.07) is 67.1. The number of hydrogen-bond donors (Lipinski definition) is 0. The van der Waals surface area contributed by atoms with E-state index in [1.54, 1.807) is 0 Å². The smallest absolute Gasteiger partial charge is 0.0159 e. The molecule has 0 aliphatic heterocycles. The van der Waals surface area contributed by atoms with Gasteiger partial charge in [-0.2, -0.15) is 0 Å². The molecular weight excluding hydrogens is 757 g/mol. The normalized spacial score (nSPS) is 14.5. The van der Waals surface area contributed by atoms with Crippen molar-refractivity contribution in [3.05, 3.63) is 216 Å². The van der Waals surface area contributed by atoms with E-state index in [2.05, 4.69) is 208 Å². The highest BCUT2D eigenvalue weighted by atomic mass is 14.4. The maximum atomic E-state index is 2.49. The number of benzene rings is 11. The van der Waals surface area contributed by atoms with Crippen molar-refractivity contribution in [3.8, 4) is 55.6 Å². The van der Waals surface area contributed by atoms with E-state index in [1.807, 2.05) is 0 Å². The molecule has 0 unspecified atom stereocenters. The maximum Gasteiger partial charge on any atom is 0.0159 e. The maximum absolute atomic E-state index is 2.49. The van der Waals surface area contributed by atoms with Gasteiger partial charge in [0.15, 0.2) is 0 Å². The predicted molar refractivity (Wildman–Crippen MR) is 270 cm³/mol. The quantitative estimate of drug-likeness (QED) is 0.156. The van der Waals surface area contributed by atoms with E-state index in [4.69, 9.17) is 0 Å². The lowest BCUT2D eigenvalue weighted by molar-refractivity contribution is 0.661. The van der Waals surface area contributed by atoms with Crippen LogP contribution in [0.4, 0.5) is 0 Å². The Balaban J connectivity index is 0.821. The Hall–Kier alpha value is -7.54. The zero-order valence-corrected chi connectivity index (χ0v) is 35.4. The summed E-state index contributed by atoms with van der Waals surface area (Å²) < 4.78 is 0. The number of hydrogen-bond acceptors (Lipinski definition) is 0. The zero-order chi connectivity index (χ0) is 41.6. The fourth-order valence-corrected chi connectivity index (χ4v) is 12.0. The van der Waals surface area contributed by atoms with Crippen molar-refractivity contribution < 1.29 is 0 Å². The first kappa shape index (κ1) is 35.1. The van der Waals surface area contributed by atoms with Gasteiger partial charge in [0, 0.05) is 5.41 Å². The highest BCUT2D eigenvalue weighted by Crippen LogP contribution is 2.52. The summed E-state index contributed by atoms with van der Waals surface area (Å²) >= 11 is 0. The Morgan fingerprint density at radius 3 is 1.59 bits per heavy atom. The van der Waals surface area contributed by atoms with Crippen LogP contribution in [0.1, 0.15) is 48.1 Å². The van der Waals surface area contributed by atoms with Crippen molar-refractivity contribution >= 4 is 65.5 Å². The number of rotatable bonds is 4. The topological polar surface area (TPSA) is 0 Å². The van der Waals surface area contributed by atoms with Gasteiger partial charge in [-0.25, -0.2) is 0 Å². The standard InChI is InChI=1S/C63H42/c1-63(2)57-35-45(25-29-53(57)54-30-26-46(36-58(54)63)50-28-22-44-20-18-40-8-6-10-42-24-32-56(50)62(44)60(40)42)49-34-33-47(51-11-3-4-12-52(49)51)37-13-15-38(16-14-37)48-27-21-43-19-17-39-7-5-9-41-23-31-55(48)61(43)59(39)41/h3-7,9-19,21-36H,8,20H2,1-2H3. The van der Waals surface area contributed by atoms with Gasteiger partial charge in [-0.3, -0.25) is 0 Å². The van der Waals surface area contributed by atoms with E-state index in [-0.39, 0.29) is 5.41 Å². The molecule has 0 N–H and O–H groups in total. The summed E-state index contributed by atoms with van der Waals surface area (Å²) in [4.78, 5) is 0. The molecule has 0 atom stereocenters. The lowest BCUT2D eigenvalue weighted by atomic mass is 9.78. The van der Waals surface area contributed by atoms with Crippen molar-refractivity contribution in [2.24, 2.45) is 0 Å². The van der Waals surface area contributed by atoms with Gasteiger partial charge in [-0.1, -0.05) is 196 Å². The predicted octanol–water partition coefficient (Wildman–Crippen LogP) is 17.2. The third kappa shape index (κ3) is 4.92. The van der Waals surface area contributed by atoms with Gasteiger partial charge in [0.05, 0.1) is 0 Å². The second kappa shape index (κ2) is 12.8. The molecule has 3 aliphatic rings. The molecule has 0 bridgehead atoms. The summed E-state index contributed by atoms with van der Waals surface area (Å²) in [5.41, 5.74) is 21.3. The summed E-state index contributed by atoms with van der Waals surface area (Å²) in [5.74, 6) is 0. The van der Waals surface area contributed by atoms with E-state index in [0.717, 1.165) is 12.8 Å². The van der Waals surface area contributed by atoms with Crippen LogP contribution in [0.2, 0.25) is 0 Å². The summed E-state index contributed by atoms with van der Waals surface area (Å²) in [7, 11) is 0. The Kier molecular flexibility index (Phi) is 7.11. The number of allylic oxidation sites excluding steroid dienone is 3. The first-order valence-electron chi connectivity index (χ1n) is 22.5.